The predicted octanol–water partition coefficient (Wildman–Crippen LogP) is 1.52. The number of hydrogen-bond acceptors (Lipinski definition) is 6. The van der Waals surface area contributed by atoms with Gasteiger partial charge in [-0.05, 0) is 36.4 Å². The van der Waals surface area contributed by atoms with Crippen molar-refractivity contribution in [3.05, 3.63) is 42.5 Å². The van der Waals surface area contributed by atoms with Crippen LogP contribution >= 0.6 is 0 Å². The largest absolute Gasteiger partial charge is 0.454 e. The van der Waals surface area contributed by atoms with Crippen LogP contribution in [-0.4, -0.2) is 24.5 Å². The van der Waals surface area contributed by atoms with Gasteiger partial charge in [0, 0.05) is 24.4 Å². The minimum absolute atomic E-state index is 0.0981. The van der Waals surface area contributed by atoms with Gasteiger partial charge >= 0.3 is 11.8 Å². The molecular formula is C17H15N3O5. The van der Waals surface area contributed by atoms with Crippen LogP contribution in [0.5, 0.6) is 11.5 Å². The molecule has 1 aliphatic heterocycles. The average molecular weight is 341 g/mol. The lowest BCUT2D eigenvalue weighted by Crippen LogP contribution is -2.42. The number of nitrogens with two attached hydrogens (primary N) is 1. The number of nitrogen functional groups attached to an aromatic ring is 1. The van der Waals surface area contributed by atoms with E-state index in [4.69, 9.17) is 15.2 Å². The Morgan fingerprint density at radius 1 is 1.04 bits per heavy atom. The van der Waals surface area contributed by atoms with Crippen molar-refractivity contribution < 1.29 is 23.9 Å². The van der Waals surface area contributed by atoms with Crippen molar-refractivity contribution in [3.8, 4) is 11.5 Å². The van der Waals surface area contributed by atoms with Gasteiger partial charge < -0.3 is 20.5 Å². The number of ether oxygens (including phenoxy) is 2. The quantitative estimate of drug-likeness (QED) is 0.633. The second-order valence-electron chi connectivity index (χ2n) is 5.27. The first-order valence-corrected chi connectivity index (χ1v) is 7.37. The highest BCUT2D eigenvalue weighted by atomic mass is 16.7. The van der Waals surface area contributed by atoms with E-state index >= 15 is 0 Å². The van der Waals surface area contributed by atoms with E-state index in [-0.39, 0.29) is 12.5 Å². The average Bonchev–Trinajstić information content (AvgIpc) is 3.04. The fourth-order valence-corrected chi connectivity index (χ4v) is 2.33. The van der Waals surface area contributed by atoms with E-state index in [1.165, 1.54) is 37.3 Å². The Bertz CT molecular complexity index is 848. The number of anilines is 3. The number of carbonyl (C=O) groups excluding carboxylic acids is 3. The number of imide groups is 1. The van der Waals surface area contributed by atoms with Gasteiger partial charge in [0.25, 0.3) is 0 Å². The minimum atomic E-state index is -1.00. The third kappa shape index (κ3) is 3.37. The maximum absolute atomic E-state index is 12.4. The lowest BCUT2D eigenvalue weighted by molar-refractivity contribution is -0.136. The van der Waals surface area contributed by atoms with Crippen LogP contribution in [0.2, 0.25) is 0 Å². The van der Waals surface area contributed by atoms with E-state index in [2.05, 4.69) is 5.32 Å². The molecule has 0 bridgehead atoms. The normalized spacial score (nSPS) is 11.7. The van der Waals surface area contributed by atoms with Gasteiger partial charge in [-0.25, -0.2) is 4.90 Å². The monoisotopic (exact) mass is 341 g/mol. The molecule has 0 atom stereocenters. The number of carbonyl (C=O) groups is 3. The molecule has 0 unspecified atom stereocenters. The molecule has 0 spiro atoms. The lowest BCUT2D eigenvalue weighted by atomic mass is 10.2. The van der Waals surface area contributed by atoms with Gasteiger partial charge in [0.05, 0.1) is 5.69 Å². The zero-order valence-electron chi connectivity index (χ0n) is 13.3. The van der Waals surface area contributed by atoms with Gasteiger partial charge in [-0.15, -0.1) is 0 Å². The third-order valence-corrected chi connectivity index (χ3v) is 3.49. The van der Waals surface area contributed by atoms with Crippen LogP contribution in [0.25, 0.3) is 0 Å². The Kier molecular flexibility index (Phi) is 4.25. The first kappa shape index (κ1) is 16.3. The van der Waals surface area contributed by atoms with Crippen molar-refractivity contribution in [3.63, 3.8) is 0 Å². The molecule has 3 rings (SSSR count). The first-order valence-electron chi connectivity index (χ1n) is 7.37. The molecule has 1 heterocycles. The number of fused-ring (bicyclic) bond motifs is 1. The molecule has 2 aromatic rings. The number of amides is 3. The molecule has 25 heavy (non-hydrogen) atoms. The van der Waals surface area contributed by atoms with Gasteiger partial charge in [0.15, 0.2) is 11.5 Å². The van der Waals surface area contributed by atoms with E-state index in [1.807, 2.05) is 0 Å². The summed E-state index contributed by atoms with van der Waals surface area (Å²) in [5.74, 6) is -1.53. The summed E-state index contributed by atoms with van der Waals surface area (Å²) in [4.78, 5) is 37.3. The summed E-state index contributed by atoms with van der Waals surface area (Å²) in [6.07, 6.45) is 0. The molecule has 128 valence electrons. The van der Waals surface area contributed by atoms with Gasteiger partial charge in [0.1, 0.15) is 0 Å². The molecule has 0 saturated carbocycles. The van der Waals surface area contributed by atoms with E-state index in [0.717, 1.165) is 4.90 Å². The van der Waals surface area contributed by atoms with Crippen molar-refractivity contribution in [2.45, 2.75) is 6.92 Å². The Balaban J connectivity index is 1.78. The summed E-state index contributed by atoms with van der Waals surface area (Å²) in [6.45, 7) is 1.29. The van der Waals surface area contributed by atoms with Gasteiger partial charge in [0.2, 0.25) is 12.7 Å². The molecule has 2 aromatic carbocycles. The predicted molar refractivity (Wildman–Crippen MR) is 90.2 cm³/mol. The summed E-state index contributed by atoms with van der Waals surface area (Å²) in [6, 6.07) is 10.8. The molecule has 0 aliphatic carbocycles. The maximum atomic E-state index is 12.4. The molecule has 3 N–H and O–H groups in total. The smallest absolute Gasteiger partial charge is 0.323 e. The highest BCUT2D eigenvalue weighted by Crippen LogP contribution is 2.34. The summed E-state index contributed by atoms with van der Waals surface area (Å²) < 4.78 is 10.4. The second-order valence-corrected chi connectivity index (χ2v) is 5.27. The van der Waals surface area contributed by atoms with Crippen LogP contribution in [0.15, 0.2) is 42.5 Å². The number of benzene rings is 2. The Labute approximate surface area is 143 Å². The Hall–Kier alpha value is -3.55. The Morgan fingerprint density at radius 2 is 1.72 bits per heavy atom. The zero-order chi connectivity index (χ0) is 18.0. The summed E-state index contributed by atoms with van der Waals surface area (Å²) in [5.41, 5.74) is 6.68. The molecule has 0 fully saturated rings. The molecule has 8 nitrogen and oxygen atoms in total. The number of nitrogens with one attached hydrogen (secondary N) is 1. The topological polar surface area (TPSA) is 111 Å². The highest BCUT2D eigenvalue weighted by molar-refractivity contribution is 6.48. The van der Waals surface area contributed by atoms with E-state index < -0.39 is 17.7 Å². The van der Waals surface area contributed by atoms with Crippen molar-refractivity contribution in [2.75, 3.05) is 22.7 Å². The standard InChI is InChI=1S/C17H15N3O5/c1-10(21)20(13-5-2-11(18)3-6-13)17(23)16(22)19-12-4-7-14-15(8-12)25-9-24-14/h2-8H,9,18H2,1H3,(H,19,22). The molecule has 0 radical (unpaired) electrons. The molecule has 1 aliphatic rings. The number of hydrogen-bond donors (Lipinski definition) is 2. The fraction of sp³-hybridized carbons (Fsp3) is 0.118. The summed E-state index contributed by atoms with van der Waals surface area (Å²) in [5, 5.41) is 2.45. The van der Waals surface area contributed by atoms with E-state index in [9.17, 15) is 14.4 Å². The van der Waals surface area contributed by atoms with Gasteiger partial charge in [-0.3, -0.25) is 14.4 Å². The van der Waals surface area contributed by atoms with Crippen LogP contribution < -0.4 is 25.4 Å². The van der Waals surface area contributed by atoms with Gasteiger partial charge in [-0.1, -0.05) is 0 Å². The summed E-state index contributed by atoms with van der Waals surface area (Å²) in [7, 11) is 0. The lowest BCUT2D eigenvalue weighted by Gasteiger charge is -2.18. The van der Waals surface area contributed by atoms with Crippen molar-refractivity contribution in [1.29, 1.82) is 0 Å². The van der Waals surface area contributed by atoms with Crippen LogP contribution in [0.3, 0.4) is 0 Å². The number of nitrogens with zero attached hydrogens (tertiary/aromatic N) is 1. The fourth-order valence-electron chi connectivity index (χ4n) is 2.33. The van der Waals surface area contributed by atoms with Crippen LogP contribution in [0.1, 0.15) is 6.92 Å². The van der Waals surface area contributed by atoms with Crippen molar-refractivity contribution in [2.24, 2.45) is 0 Å². The van der Waals surface area contributed by atoms with Crippen LogP contribution in [0, 0.1) is 0 Å². The summed E-state index contributed by atoms with van der Waals surface area (Å²) >= 11 is 0. The van der Waals surface area contributed by atoms with Crippen molar-refractivity contribution in [1.82, 2.24) is 0 Å². The maximum Gasteiger partial charge on any atom is 0.323 e. The molecule has 3 amide bonds. The third-order valence-electron chi connectivity index (χ3n) is 3.49. The highest BCUT2D eigenvalue weighted by Gasteiger charge is 2.27. The van der Waals surface area contributed by atoms with Crippen LogP contribution in [0.4, 0.5) is 17.1 Å². The SMILES string of the molecule is CC(=O)N(C(=O)C(=O)Nc1ccc2c(c1)OCO2)c1ccc(N)cc1. The zero-order valence-corrected chi connectivity index (χ0v) is 13.3. The molecule has 0 aromatic heterocycles. The number of rotatable bonds is 2. The first-order chi connectivity index (χ1) is 12.0. The van der Waals surface area contributed by atoms with Crippen LogP contribution in [-0.2, 0) is 14.4 Å². The minimum Gasteiger partial charge on any atom is -0.454 e. The molecular weight excluding hydrogens is 326 g/mol. The van der Waals surface area contributed by atoms with E-state index in [0.29, 0.717) is 22.9 Å². The molecule has 8 heteroatoms. The second kappa shape index (κ2) is 6.52. The molecule has 0 saturated heterocycles. The van der Waals surface area contributed by atoms with E-state index in [1.54, 1.807) is 12.1 Å². The Morgan fingerprint density at radius 3 is 2.40 bits per heavy atom. The van der Waals surface area contributed by atoms with Crippen molar-refractivity contribution >= 4 is 34.8 Å². The van der Waals surface area contributed by atoms with Gasteiger partial charge in [-0.2, -0.15) is 0 Å².